The summed E-state index contributed by atoms with van der Waals surface area (Å²) >= 11 is 0. The number of amides is 1. The van der Waals surface area contributed by atoms with Crippen LogP contribution < -0.4 is 5.73 Å². The molecule has 5 atom stereocenters. The lowest BCUT2D eigenvalue weighted by Gasteiger charge is -2.58. The summed E-state index contributed by atoms with van der Waals surface area (Å²) < 4.78 is 0. The Morgan fingerprint density at radius 3 is 2.33 bits per heavy atom. The van der Waals surface area contributed by atoms with E-state index in [0.717, 1.165) is 0 Å². The molecule has 1 amide bonds. The number of phenolic OH excluding ortho intramolecular Hbond substituents is 1. The third-order valence-corrected chi connectivity index (χ3v) is 8.43. The third kappa shape index (κ3) is 2.98. The number of unbranched alkanes of at least 4 members (excludes halogenated alkanes) is 1. The lowest BCUT2D eigenvalue weighted by molar-refractivity contribution is -0.162. The number of aromatic hydroxyl groups is 1. The number of phenols is 1. The van der Waals surface area contributed by atoms with Crippen LogP contribution in [0.25, 0.3) is 0 Å². The fraction of sp³-hybridized carbons (Fsp3) is 0.500. The summed E-state index contributed by atoms with van der Waals surface area (Å²) in [5.41, 5.74) is -2.01. The highest BCUT2D eigenvalue weighted by molar-refractivity contribution is 6.25. The maximum Gasteiger partial charge on any atom is 0.255 e. The van der Waals surface area contributed by atoms with Crippen LogP contribution in [0.1, 0.15) is 55.5 Å². The van der Waals surface area contributed by atoms with E-state index >= 15 is 0 Å². The van der Waals surface area contributed by atoms with Gasteiger partial charge in [-0.25, -0.2) is 0 Å². The van der Waals surface area contributed by atoms with Gasteiger partial charge in [0.1, 0.15) is 22.8 Å². The quantitative estimate of drug-likeness (QED) is 0.325. The molecule has 4 rings (SSSR count). The molecule has 0 radical (unpaired) electrons. The SMILES string of the molecule is CCCC[C@@]1(N(C)C)C(O)=C(C(N)=O)C(=O)[C@@]2(O)C(O)=C3C(=O)c4c(O)cccc4[C@@](C)(O)[C@H]3C[C@H]21. The van der Waals surface area contributed by atoms with Gasteiger partial charge in [-0.3, -0.25) is 19.3 Å². The molecular formula is C26H32N2O8. The minimum Gasteiger partial charge on any atom is -0.509 e. The van der Waals surface area contributed by atoms with Gasteiger partial charge in [0.2, 0.25) is 5.78 Å². The van der Waals surface area contributed by atoms with Gasteiger partial charge in [-0.15, -0.1) is 0 Å². The molecule has 1 aromatic carbocycles. The first-order valence-electron chi connectivity index (χ1n) is 11.9. The van der Waals surface area contributed by atoms with Crippen molar-refractivity contribution in [3.05, 3.63) is 52.0 Å². The molecule has 0 aromatic heterocycles. The topological polar surface area (TPSA) is 182 Å². The number of primary amides is 1. The molecule has 3 aliphatic rings. The van der Waals surface area contributed by atoms with E-state index in [1.165, 1.54) is 25.1 Å². The van der Waals surface area contributed by atoms with Crippen molar-refractivity contribution in [1.29, 1.82) is 0 Å². The third-order valence-electron chi connectivity index (χ3n) is 8.43. The van der Waals surface area contributed by atoms with E-state index in [4.69, 9.17) is 5.73 Å². The molecular weight excluding hydrogens is 468 g/mol. The number of likely N-dealkylation sites (N-methyl/N-ethyl adjacent to an activating group) is 1. The van der Waals surface area contributed by atoms with Gasteiger partial charge in [0.25, 0.3) is 5.91 Å². The second-order valence-corrected chi connectivity index (χ2v) is 10.4. The van der Waals surface area contributed by atoms with Crippen molar-refractivity contribution in [1.82, 2.24) is 4.90 Å². The van der Waals surface area contributed by atoms with Gasteiger partial charge in [-0.1, -0.05) is 31.9 Å². The number of aliphatic hydroxyl groups excluding tert-OH is 2. The van der Waals surface area contributed by atoms with Gasteiger partial charge in [0, 0.05) is 17.4 Å². The standard InChI is InChI=1S/C26H32N2O8/c1-5-6-10-25(28(3)4)15-11-13-17(19(30)16-12(24(13,2)35)8-7-9-14(16)29)21(32)26(15,36)22(33)18(20(25)31)23(27)34/h7-9,13,15,29,31-32,35-36H,5-6,10-11H2,1-4H3,(H2,27,34)/t13-,15-,24+,25-,26-/m0/s1. The maximum atomic E-state index is 13.6. The summed E-state index contributed by atoms with van der Waals surface area (Å²) in [4.78, 5) is 41.1. The Labute approximate surface area is 208 Å². The normalized spacial score (nSPS) is 34.0. The van der Waals surface area contributed by atoms with Crippen LogP contribution in [0.2, 0.25) is 0 Å². The summed E-state index contributed by atoms with van der Waals surface area (Å²) in [5.74, 6) is -7.84. The van der Waals surface area contributed by atoms with Gasteiger partial charge >= 0.3 is 0 Å². The Morgan fingerprint density at radius 2 is 1.78 bits per heavy atom. The van der Waals surface area contributed by atoms with Crippen molar-refractivity contribution in [3.63, 3.8) is 0 Å². The van der Waals surface area contributed by atoms with Gasteiger partial charge in [0.15, 0.2) is 11.4 Å². The number of benzene rings is 1. The zero-order chi connectivity index (χ0) is 27.0. The van der Waals surface area contributed by atoms with Gasteiger partial charge in [0.05, 0.1) is 16.7 Å². The molecule has 0 fully saturated rings. The van der Waals surface area contributed by atoms with Crippen molar-refractivity contribution in [3.8, 4) is 5.75 Å². The Kier molecular flexibility index (Phi) is 5.86. The highest BCUT2D eigenvalue weighted by atomic mass is 16.4. The van der Waals surface area contributed by atoms with E-state index in [0.29, 0.717) is 12.8 Å². The van der Waals surface area contributed by atoms with Crippen LogP contribution in [0.5, 0.6) is 5.75 Å². The molecule has 1 aromatic rings. The van der Waals surface area contributed by atoms with Crippen molar-refractivity contribution in [2.75, 3.05) is 14.1 Å². The van der Waals surface area contributed by atoms with Crippen molar-refractivity contribution in [2.24, 2.45) is 17.6 Å². The molecule has 3 aliphatic carbocycles. The maximum absolute atomic E-state index is 13.6. The molecule has 0 spiro atoms. The summed E-state index contributed by atoms with van der Waals surface area (Å²) in [6.07, 6.45) is 1.17. The molecule has 0 heterocycles. The number of rotatable bonds is 5. The summed E-state index contributed by atoms with van der Waals surface area (Å²) in [6, 6.07) is 4.23. The lowest BCUT2D eigenvalue weighted by atomic mass is 9.51. The number of aliphatic hydroxyl groups is 4. The number of carbonyl (C=O) groups is 3. The second kappa shape index (κ2) is 8.16. The largest absolute Gasteiger partial charge is 0.509 e. The van der Waals surface area contributed by atoms with Gasteiger partial charge in [-0.05, 0) is 45.5 Å². The molecule has 0 unspecified atom stereocenters. The number of fused-ring (bicyclic) bond motifs is 3. The average molecular weight is 501 g/mol. The first-order valence-corrected chi connectivity index (χ1v) is 11.9. The molecule has 10 heteroatoms. The van der Waals surface area contributed by atoms with E-state index in [9.17, 15) is 39.9 Å². The molecule has 0 saturated carbocycles. The van der Waals surface area contributed by atoms with Crippen LogP contribution in [0.3, 0.4) is 0 Å². The molecule has 10 nitrogen and oxygen atoms in total. The number of hydrogen-bond donors (Lipinski definition) is 6. The number of Topliss-reactive ketones (excluding diaryl/α,β-unsaturated/α-hetero) is 2. The van der Waals surface area contributed by atoms with Gasteiger partial charge < -0.3 is 31.3 Å². The van der Waals surface area contributed by atoms with Crippen LogP contribution in [-0.4, -0.2) is 73.1 Å². The van der Waals surface area contributed by atoms with Crippen molar-refractivity contribution in [2.45, 2.75) is 56.3 Å². The summed E-state index contributed by atoms with van der Waals surface area (Å²) in [5, 5.41) is 56.9. The number of ketones is 2. The summed E-state index contributed by atoms with van der Waals surface area (Å²) in [7, 11) is 3.21. The minimum atomic E-state index is -2.78. The predicted octanol–water partition coefficient (Wildman–Crippen LogP) is 1.35. The van der Waals surface area contributed by atoms with Gasteiger partial charge in [-0.2, -0.15) is 0 Å². The molecule has 36 heavy (non-hydrogen) atoms. The number of nitrogens with two attached hydrogens (primary N) is 1. The van der Waals surface area contributed by atoms with E-state index in [1.54, 1.807) is 19.0 Å². The van der Waals surface area contributed by atoms with E-state index in [2.05, 4.69) is 0 Å². The molecule has 194 valence electrons. The minimum absolute atomic E-state index is 0.142. The van der Waals surface area contributed by atoms with E-state index < -0.39 is 74.5 Å². The number of nitrogens with zero attached hydrogens (tertiary/aromatic N) is 1. The Bertz CT molecular complexity index is 1250. The first-order chi connectivity index (χ1) is 16.7. The molecule has 0 bridgehead atoms. The zero-order valence-corrected chi connectivity index (χ0v) is 20.7. The Hall–Kier alpha value is -3.21. The van der Waals surface area contributed by atoms with Crippen LogP contribution in [-0.2, 0) is 15.2 Å². The van der Waals surface area contributed by atoms with Crippen LogP contribution in [0, 0.1) is 11.8 Å². The van der Waals surface area contributed by atoms with E-state index in [-0.39, 0.29) is 24.0 Å². The molecule has 7 N–H and O–H groups in total. The average Bonchev–Trinajstić information content (AvgIpc) is 2.79. The lowest BCUT2D eigenvalue weighted by Crippen LogP contribution is -2.70. The molecule has 0 saturated heterocycles. The number of carbonyl (C=O) groups excluding carboxylic acids is 3. The molecule has 0 aliphatic heterocycles. The second-order valence-electron chi connectivity index (χ2n) is 10.4. The first kappa shape index (κ1) is 25.9. The highest BCUT2D eigenvalue weighted by Crippen LogP contribution is 2.59. The Balaban J connectivity index is 2.10. The van der Waals surface area contributed by atoms with E-state index in [1.807, 2.05) is 6.92 Å². The van der Waals surface area contributed by atoms with Crippen molar-refractivity contribution < 1.29 is 39.9 Å². The number of hydrogen-bond acceptors (Lipinski definition) is 9. The van der Waals surface area contributed by atoms with Crippen LogP contribution in [0.15, 0.2) is 40.9 Å². The fourth-order valence-corrected chi connectivity index (χ4v) is 6.56. The van der Waals surface area contributed by atoms with Crippen LogP contribution >= 0.6 is 0 Å². The smallest absolute Gasteiger partial charge is 0.255 e. The fourth-order valence-electron chi connectivity index (χ4n) is 6.56. The zero-order valence-electron chi connectivity index (χ0n) is 20.7. The summed E-state index contributed by atoms with van der Waals surface area (Å²) in [6.45, 7) is 3.34. The monoisotopic (exact) mass is 500 g/mol. The van der Waals surface area contributed by atoms with Crippen molar-refractivity contribution >= 4 is 17.5 Å². The highest BCUT2D eigenvalue weighted by Gasteiger charge is 2.69. The Morgan fingerprint density at radius 1 is 1.14 bits per heavy atom. The van der Waals surface area contributed by atoms with Crippen LogP contribution in [0.4, 0.5) is 0 Å². The predicted molar refractivity (Wildman–Crippen MR) is 128 cm³/mol.